The molecule has 3 aromatic rings. The van der Waals surface area contributed by atoms with Gasteiger partial charge in [0.1, 0.15) is 5.75 Å². The summed E-state index contributed by atoms with van der Waals surface area (Å²) in [5.74, 6) is 0.695. The summed E-state index contributed by atoms with van der Waals surface area (Å²) in [6.45, 7) is 5.93. The van der Waals surface area contributed by atoms with Crippen LogP contribution in [0.15, 0.2) is 60.7 Å². The molecule has 1 atom stereocenters. The Kier molecular flexibility index (Phi) is 4.98. The first-order valence-electron chi connectivity index (χ1n) is 11.3. The molecule has 0 saturated heterocycles. The molecule has 1 spiro atoms. The van der Waals surface area contributed by atoms with Gasteiger partial charge in [-0.3, -0.25) is 14.9 Å². The number of ether oxygens (including phenoxy) is 2. The summed E-state index contributed by atoms with van der Waals surface area (Å²) in [5.41, 5.74) is 2.84. The topological polar surface area (TPSA) is 81.9 Å². The predicted molar refractivity (Wildman–Crippen MR) is 135 cm³/mol. The zero-order valence-electron chi connectivity index (χ0n) is 20.3. The molecule has 5 rings (SSSR count). The van der Waals surface area contributed by atoms with Crippen LogP contribution in [-0.2, 0) is 5.41 Å². The highest BCUT2D eigenvalue weighted by Gasteiger charge is 2.58. The van der Waals surface area contributed by atoms with Crippen molar-refractivity contribution in [2.45, 2.75) is 31.9 Å². The van der Waals surface area contributed by atoms with Crippen molar-refractivity contribution in [3.63, 3.8) is 0 Å². The molecule has 0 N–H and O–H groups in total. The number of benzene rings is 3. The third kappa shape index (κ3) is 3.07. The Morgan fingerprint density at radius 2 is 1.80 bits per heavy atom. The molecule has 0 radical (unpaired) electrons. The highest BCUT2D eigenvalue weighted by molar-refractivity contribution is 6.09. The summed E-state index contributed by atoms with van der Waals surface area (Å²) in [5, 5.41) is 11.6. The summed E-state index contributed by atoms with van der Waals surface area (Å²) >= 11 is 0. The Bertz CT molecular complexity index is 1410. The first-order chi connectivity index (χ1) is 16.6. The van der Waals surface area contributed by atoms with Crippen LogP contribution in [0.1, 0.15) is 46.5 Å². The van der Waals surface area contributed by atoms with Crippen LogP contribution < -0.4 is 14.4 Å². The Hall–Kier alpha value is -4.13. The molecule has 35 heavy (non-hydrogen) atoms. The van der Waals surface area contributed by atoms with E-state index in [9.17, 15) is 14.9 Å². The zero-order chi connectivity index (χ0) is 25.1. The van der Waals surface area contributed by atoms with Crippen LogP contribution in [0.5, 0.6) is 11.5 Å². The normalized spacial score (nSPS) is 19.2. The number of fused-ring (bicyclic) bond motifs is 2. The van der Waals surface area contributed by atoms with Crippen molar-refractivity contribution < 1.29 is 19.2 Å². The zero-order valence-corrected chi connectivity index (χ0v) is 20.3. The number of ketones is 1. The van der Waals surface area contributed by atoms with E-state index in [4.69, 9.17) is 9.47 Å². The van der Waals surface area contributed by atoms with Gasteiger partial charge in [0.05, 0.1) is 17.4 Å². The molecule has 0 aromatic heterocycles. The molecule has 0 bridgehead atoms. The van der Waals surface area contributed by atoms with Gasteiger partial charge in [0, 0.05) is 41.1 Å². The number of methoxy groups -OCH3 is 1. The van der Waals surface area contributed by atoms with Crippen molar-refractivity contribution in [2.24, 2.45) is 0 Å². The van der Waals surface area contributed by atoms with Crippen molar-refractivity contribution in [1.29, 1.82) is 0 Å². The monoisotopic (exact) mass is 470 g/mol. The quantitative estimate of drug-likeness (QED) is 0.278. The van der Waals surface area contributed by atoms with E-state index < -0.39 is 16.1 Å². The molecular formula is C28H26N2O5. The number of carbonyl (C=O) groups is 1. The van der Waals surface area contributed by atoms with Gasteiger partial charge in [-0.1, -0.05) is 30.3 Å². The van der Waals surface area contributed by atoms with Crippen LogP contribution in [-0.4, -0.2) is 30.6 Å². The molecule has 2 heterocycles. The minimum Gasteiger partial charge on any atom is -0.490 e. The molecule has 0 amide bonds. The van der Waals surface area contributed by atoms with Gasteiger partial charge in [-0.05, 0) is 56.7 Å². The second-order valence-corrected chi connectivity index (χ2v) is 9.47. The van der Waals surface area contributed by atoms with Crippen LogP contribution in [0.4, 0.5) is 11.4 Å². The summed E-state index contributed by atoms with van der Waals surface area (Å²) in [6, 6.07) is 16.5. The second-order valence-electron chi connectivity index (χ2n) is 9.47. The Morgan fingerprint density at radius 1 is 1.09 bits per heavy atom. The summed E-state index contributed by atoms with van der Waals surface area (Å²) < 4.78 is 12.1. The molecule has 7 heteroatoms. The molecule has 2 aliphatic heterocycles. The van der Waals surface area contributed by atoms with Gasteiger partial charge in [0.25, 0.3) is 0 Å². The Morgan fingerprint density at radius 3 is 2.46 bits per heavy atom. The molecule has 0 aliphatic carbocycles. The minimum absolute atomic E-state index is 0.0360. The fraction of sp³-hybridized carbons (Fsp3) is 0.250. The lowest BCUT2D eigenvalue weighted by molar-refractivity contribution is -0.385. The first-order valence-corrected chi connectivity index (χ1v) is 11.3. The number of nitro groups is 1. The van der Waals surface area contributed by atoms with E-state index >= 15 is 0 Å². The SMILES string of the molecule is COc1c([N+](=O)[O-])cc2c(c1C)OC1(C=C2)N(C)c2ccc(C(=O)c3ccccc3)cc2C1(C)C. The molecule has 2 aliphatic rings. The summed E-state index contributed by atoms with van der Waals surface area (Å²) in [4.78, 5) is 26.3. The van der Waals surface area contributed by atoms with Crippen LogP contribution in [0.25, 0.3) is 6.08 Å². The molecule has 178 valence electrons. The van der Waals surface area contributed by atoms with Gasteiger partial charge >= 0.3 is 5.69 Å². The third-order valence-corrected chi connectivity index (χ3v) is 7.34. The van der Waals surface area contributed by atoms with Gasteiger partial charge in [-0.2, -0.15) is 0 Å². The van der Waals surface area contributed by atoms with Gasteiger partial charge in [-0.25, -0.2) is 0 Å². The van der Waals surface area contributed by atoms with E-state index in [1.807, 2.05) is 67.7 Å². The Balaban J connectivity index is 1.61. The Labute approximate surface area is 203 Å². The second kappa shape index (κ2) is 7.70. The number of hydrogen-bond donors (Lipinski definition) is 0. The maximum absolute atomic E-state index is 13.1. The van der Waals surface area contributed by atoms with E-state index in [2.05, 4.69) is 18.7 Å². The van der Waals surface area contributed by atoms with Crippen LogP contribution in [0, 0.1) is 17.0 Å². The number of anilines is 1. The van der Waals surface area contributed by atoms with Crippen LogP contribution in [0.3, 0.4) is 0 Å². The summed E-state index contributed by atoms with van der Waals surface area (Å²) in [7, 11) is 3.38. The van der Waals surface area contributed by atoms with Gasteiger partial charge in [0.2, 0.25) is 11.5 Å². The highest BCUT2D eigenvalue weighted by Crippen LogP contribution is 2.56. The van der Waals surface area contributed by atoms with Gasteiger partial charge in [0.15, 0.2) is 5.78 Å². The fourth-order valence-electron chi connectivity index (χ4n) is 5.37. The van der Waals surface area contributed by atoms with E-state index in [-0.39, 0.29) is 17.2 Å². The number of hydrogen-bond acceptors (Lipinski definition) is 6. The smallest absolute Gasteiger partial charge is 0.312 e. The lowest BCUT2D eigenvalue weighted by atomic mass is 9.75. The average Bonchev–Trinajstić information content (AvgIpc) is 3.02. The third-order valence-electron chi connectivity index (χ3n) is 7.34. The van der Waals surface area contributed by atoms with Crippen molar-refractivity contribution >= 4 is 23.2 Å². The molecular weight excluding hydrogens is 444 g/mol. The summed E-state index contributed by atoms with van der Waals surface area (Å²) in [6.07, 6.45) is 3.82. The van der Waals surface area contributed by atoms with E-state index in [1.54, 1.807) is 6.92 Å². The number of nitrogens with zero attached hydrogens (tertiary/aromatic N) is 2. The van der Waals surface area contributed by atoms with Gasteiger partial charge < -0.3 is 14.4 Å². The van der Waals surface area contributed by atoms with Crippen LogP contribution in [0.2, 0.25) is 0 Å². The minimum atomic E-state index is -0.900. The number of rotatable bonds is 4. The first kappa shape index (κ1) is 22.7. The van der Waals surface area contributed by atoms with Gasteiger partial charge in [-0.15, -0.1) is 0 Å². The van der Waals surface area contributed by atoms with Crippen molar-refractivity contribution in [2.75, 3.05) is 19.1 Å². The average molecular weight is 471 g/mol. The van der Waals surface area contributed by atoms with E-state index in [0.29, 0.717) is 28.0 Å². The largest absolute Gasteiger partial charge is 0.490 e. The van der Waals surface area contributed by atoms with Crippen molar-refractivity contribution in [3.8, 4) is 11.5 Å². The fourth-order valence-corrected chi connectivity index (χ4v) is 5.37. The maximum Gasteiger partial charge on any atom is 0.312 e. The van der Waals surface area contributed by atoms with Crippen molar-refractivity contribution in [1.82, 2.24) is 0 Å². The molecule has 0 saturated carbocycles. The molecule has 1 unspecified atom stereocenters. The molecule has 7 nitrogen and oxygen atoms in total. The predicted octanol–water partition coefficient (Wildman–Crippen LogP) is 5.67. The van der Waals surface area contributed by atoms with Crippen molar-refractivity contribution in [3.05, 3.63) is 98.6 Å². The van der Waals surface area contributed by atoms with E-state index in [0.717, 1.165) is 11.3 Å². The van der Waals surface area contributed by atoms with Crippen LogP contribution >= 0.6 is 0 Å². The number of nitro benzene ring substituents is 1. The maximum atomic E-state index is 13.1. The number of carbonyl (C=O) groups excluding carboxylic acids is 1. The highest BCUT2D eigenvalue weighted by atomic mass is 16.6. The standard InChI is InChI=1S/C28H26N2O5/c1-17-25-20(16-23(30(32)33)26(17)34-5)13-14-28(35-25)27(2,3)21-15-19(11-12-22(21)29(28)4)24(31)18-9-7-6-8-10-18/h6-16H,1-5H3. The number of likely N-dealkylation sites (N-methyl/N-ethyl adjacent to an activating group) is 1. The molecule has 0 fully saturated rings. The lowest BCUT2D eigenvalue weighted by Crippen LogP contribution is -2.58. The molecule has 3 aromatic carbocycles. The van der Waals surface area contributed by atoms with E-state index in [1.165, 1.54) is 13.2 Å². The lowest BCUT2D eigenvalue weighted by Gasteiger charge is -2.46.